The van der Waals surface area contributed by atoms with Gasteiger partial charge in [-0.1, -0.05) is 48.5 Å². The van der Waals surface area contributed by atoms with Crippen LogP contribution in [0.4, 0.5) is 18.0 Å². The number of nitrogens with one attached hydrogen (secondary N) is 2. The Kier molecular flexibility index (Phi) is 5.03. The van der Waals surface area contributed by atoms with Gasteiger partial charge in [0, 0.05) is 11.1 Å². The first-order chi connectivity index (χ1) is 13.2. The molecule has 3 rings (SSSR count). The number of ketones is 1. The predicted molar refractivity (Wildman–Crippen MR) is 92.7 cm³/mol. The zero-order valence-corrected chi connectivity index (χ0v) is 14.7. The number of carbonyl (C=O) groups excluding carboxylic acids is 2. The lowest BCUT2D eigenvalue weighted by molar-refractivity contribution is -0.287. The highest BCUT2D eigenvalue weighted by Crippen LogP contribution is 2.45. The summed E-state index contributed by atoms with van der Waals surface area (Å²) >= 11 is 0. The lowest BCUT2D eigenvalue weighted by Gasteiger charge is -2.45. The second-order valence-corrected chi connectivity index (χ2v) is 6.29. The molecule has 2 aromatic rings. The van der Waals surface area contributed by atoms with Gasteiger partial charge in [0.15, 0.2) is 5.78 Å². The molecule has 3 unspecified atom stereocenters. The Labute approximate surface area is 158 Å². The number of ether oxygens (including phenoxy) is 1. The number of alkyl halides is 3. The summed E-state index contributed by atoms with van der Waals surface area (Å²) in [7, 11) is 1.31. The van der Waals surface area contributed by atoms with Crippen molar-refractivity contribution in [3.63, 3.8) is 0 Å². The Bertz CT molecular complexity index is 888. The van der Waals surface area contributed by atoms with Gasteiger partial charge < -0.3 is 20.5 Å². The van der Waals surface area contributed by atoms with Gasteiger partial charge in [0.05, 0.1) is 13.2 Å². The van der Waals surface area contributed by atoms with Crippen molar-refractivity contribution in [1.29, 1.82) is 0 Å². The maximum Gasteiger partial charge on any atom is 0.437 e. The summed E-state index contributed by atoms with van der Waals surface area (Å²) < 4.78 is 46.6. The molecule has 28 heavy (non-hydrogen) atoms. The Hall–Kier alpha value is -3.07. The van der Waals surface area contributed by atoms with E-state index in [2.05, 4.69) is 5.32 Å². The molecular formula is C19H17F3N2O4. The van der Waals surface area contributed by atoms with E-state index in [0.29, 0.717) is 0 Å². The molecule has 0 aliphatic carbocycles. The van der Waals surface area contributed by atoms with Gasteiger partial charge in [-0.3, -0.25) is 4.79 Å². The molecule has 6 nitrogen and oxygen atoms in total. The monoisotopic (exact) mass is 394 g/mol. The summed E-state index contributed by atoms with van der Waals surface area (Å²) in [6.07, 6.45) is -5.31. The number of Topliss-reactive ketones (excluding diaryl/α,β-unsaturated/α-hetero) is 1. The number of para-hydroxylation sites is 1. The van der Waals surface area contributed by atoms with Crippen molar-refractivity contribution in [2.24, 2.45) is 5.92 Å². The average molecular weight is 394 g/mol. The fourth-order valence-corrected chi connectivity index (χ4v) is 3.30. The third kappa shape index (κ3) is 3.29. The van der Waals surface area contributed by atoms with Crippen LogP contribution in [-0.2, 0) is 0 Å². The first kappa shape index (κ1) is 19.7. The zero-order valence-electron chi connectivity index (χ0n) is 14.7. The zero-order chi connectivity index (χ0) is 20.5. The van der Waals surface area contributed by atoms with E-state index in [-0.39, 0.29) is 16.9 Å². The molecule has 1 aliphatic heterocycles. The maximum atomic E-state index is 13.8. The smallest absolute Gasteiger partial charge is 0.437 e. The summed E-state index contributed by atoms with van der Waals surface area (Å²) in [5, 5.41) is 14.3. The largest absolute Gasteiger partial charge is 0.496 e. The molecule has 0 spiro atoms. The summed E-state index contributed by atoms with van der Waals surface area (Å²) in [4.78, 5) is 25.0. The van der Waals surface area contributed by atoms with Gasteiger partial charge in [0.1, 0.15) is 11.7 Å². The predicted octanol–water partition coefficient (Wildman–Crippen LogP) is 2.80. The Morgan fingerprint density at radius 3 is 2.32 bits per heavy atom. The SMILES string of the molecule is COc1ccccc1C1NC(=O)NC(O)(C(F)(F)F)C1C(=O)c1ccccc1. The van der Waals surface area contributed by atoms with E-state index in [9.17, 15) is 27.9 Å². The number of methoxy groups -OCH3 is 1. The highest BCUT2D eigenvalue weighted by molar-refractivity contribution is 6.00. The minimum atomic E-state index is -5.31. The van der Waals surface area contributed by atoms with Crippen LogP contribution in [0.2, 0.25) is 0 Å². The molecule has 0 radical (unpaired) electrons. The molecule has 2 amide bonds. The van der Waals surface area contributed by atoms with Gasteiger partial charge in [0.25, 0.3) is 0 Å². The summed E-state index contributed by atoms with van der Waals surface area (Å²) in [5.41, 5.74) is -3.67. The fourth-order valence-electron chi connectivity index (χ4n) is 3.30. The van der Waals surface area contributed by atoms with Gasteiger partial charge in [-0.15, -0.1) is 0 Å². The first-order valence-corrected chi connectivity index (χ1v) is 8.29. The van der Waals surface area contributed by atoms with Crippen LogP contribution >= 0.6 is 0 Å². The molecule has 0 saturated carbocycles. The molecule has 0 aromatic heterocycles. The molecular weight excluding hydrogens is 377 g/mol. The van der Waals surface area contributed by atoms with Gasteiger partial charge >= 0.3 is 12.2 Å². The molecule has 3 atom stereocenters. The van der Waals surface area contributed by atoms with E-state index >= 15 is 0 Å². The topological polar surface area (TPSA) is 87.7 Å². The second-order valence-electron chi connectivity index (χ2n) is 6.29. The molecule has 148 valence electrons. The maximum absolute atomic E-state index is 13.8. The fraction of sp³-hybridized carbons (Fsp3) is 0.263. The summed E-state index contributed by atoms with van der Waals surface area (Å²) in [6.45, 7) is 0. The van der Waals surface area contributed by atoms with Crippen molar-refractivity contribution >= 4 is 11.8 Å². The highest BCUT2D eigenvalue weighted by atomic mass is 19.4. The number of benzene rings is 2. The summed E-state index contributed by atoms with van der Waals surface area (Å²) in [5.74, 6) is -2.90. The molecule has 1 saturated heterocycles. The van der Waals surface area contributed by atoms with Crippen molar-refractivity contribution < 1.29 is 32.6 Å². The number of rotatable bonds is 4. The van der Waals surface area contributed by atoms with E-state index in [1.807, 2.05) is 0 Å². The number of aliphatic hydroxyl groups is 1. The van der Waals surface area contributed by atoms with E-state index < -0.39 is 35.7 Å². The van der Waals surface area contributed by atoms with E-state index in [4.69, 9.17) is 4.74 Å². The molecule has 1 fully saturated rings. The molecule has 1 heterocycles. The van der Waals surface area contributed by atoms with Crippen LogP contribution < -0.4 is 15.4 Å². The van der Waals surface area contributed by atoms with Gasteiger partial charge in [0.2, 0.25) is 5.72 Å². The van der Waals surface area contributed by atoms with Crippen LogP contribution in [-0.4, -0.2) is 35.9 Å². The van der Waals surface area contributed by atoms with E-state index in [1.54, 1.807) is 12.1 Å². The van der Waals surface area contributed by atoms with Crippen LogP contribution in [0.1, 0.15) is 22.0 Å². The molecule has 1 aliphatic rings. The van der Waals surface area contributed by atoms with Crippen LogP contribution in [0, 0.1) is 5.92 Å². The van der Waals surface area contributed by atoms with E-state index in [0.717, 1.165) is 0 Å². The minimum Gasteiger partial charge on any atom is -0.496 e. The lowest BCUT2D eigenvalue weighted by atomic mass is 9.77. The normalized spacial score (nSPS) is 24.8. The van der Waals surface area contributed by atoms with Gasteiger partial charge in [-0.2, -0.15) is 13.2 Å². The highest BCUT2D eigenvalue weighted by Gasteiger charge is 2.66. The molecule has 9 heteroatoms. The standard InChI is InChI=1S/C19H17F3N2O4/c1-28-13-10-6-5-9-12(13)15-14(16(25)11-7-3-2-4-8-11)18(27,19(20,21)22)24-17(26)23-15/h2-10,14-15,27H,1H3,(H2,23,24,26). The van der Waals surface area contributed by atoms with E-state index in [1.165, 1.54) is 54.9 Å². The van der Waals surface area contributed by atoms with Gasteiger partial charge in [-0.05, 0) is 6.07 Å². The quantitative estimate of drug-likeness (QED) is 0.696. The second kappa shape index (κ2) is 7.16. The van der Waals surface area contributed by atoms with Crippen LogP contribution in [0.5, 0.6) is 5.75 Å². The Morgan fingerprint density at radius 2 is 1.71 bits per heavy atom. The van der Waals surface area contributed by atoms with Crippen molar-refractivity contribution in [2.45, 2.75) is 17.9 Å². The van der Waals surface area contributed by atoms with Crippen molar-refractivity contribution in [3.8, 4) is 5.75 Å². The lowest BCUT2D eigenvalue weighted by Crippen LogP contribution is -2.72. The number of carbonyl (C=O) groups is 2. The molecule has 3 N–H and O–H groups in total. The number of urea groups is 1. The minimum absolute atomic E-state index is 0.0342. The number of hydrogen-bond donors (Lipinski definition) is 3. The number of amides is 2. The summed E-state index contributed by atoms with van der Waals surface area (Å²) in [6, 6.07) is 10.6. The van der Waals surface area contributed by atoms with Crippen molar-refractivity contribution in [2.75, 3.05) is 7.11 Å². The van der Waals surface area contributed by atoms with Gasteiger partial charge in [-0.25, -0.2) is 4.79 Å². The average Bonchev–Trinajstić information content (AvgIpc) is 2.66. The molecule has 2 aromatic carbocycles. The Balaban J connectivity index is 2.20. The number of halogens is 3. The third-order valence-electron chi connectivity index (χ3n) is 4.62. The first-order valence-electron chi connectivity index (χ1n) is 8.29. The van der Waals surface area contributed by atoms with Crippen LogP contribution in [0.15, 0.2) is 54.6 Å². The number of hydrogen-bond acceptors (Lipinski definition) is 4. The molecule has 0 bridgehead atoms. The Morgan fingerprint density at radius 1 is 1.11 bits per heavy atom. The van der Waals surface area contributed by atoms with Crippen LogP contribution in [0.3, 0.4) is 0 Å². The third-order valence-corrected chi connectivity index (χ3v) is 4.62. The van der Waals surface area contributed by atoms with Crippen molar-refractivity contribution in [1.82, 2.24) is 10.6 Å². The van der Waals surface area contributed by atoms with Crippen LogP contribution in [0.25, 0.3) is 0 Å². The van der Waals surface area contributed by atoms with Crippen molar-refractivity contribution in [3.05, 3.63) is 65.7 Å².